The summed E-state index contributed by atoms with van der Waals surface area (Å²) in [6.07, 6.45) is 1.63. The Bertz CT molecular complexity index is 829. The molecule has 0 radical (unpaired) electrons. The van der Waals surface area contributed by atoms with E-state index in [9.17, 15) is 9.90 Å². The first kappa shape index (κ1) is 13.4. The molecule has 3 aromatic rings. The van der Waals surface area contributed by atoms with Crippen molar-refractivity contribution in [1.82, 2.24) is 9.55 Å². The molecule has 20 heavy (non-hydrogen) atoms. The minimum Gasteiger partial charge on any atom is -0.478 e. The summed E-state index contributed by atoms with van der Waals surface area (Å²) >= 11 is 8.12. The number of aromatic carboxylic acids is 1. The second-order valence-corrected chi connectivity index (χ2v) is 5.79. The summed E-state index contributed by atoms with van der Waals surface area (Å²) in [5.41, 5.74) is 2.31. The Balaban J connectivity index is 2.34. The lowest BCUT2D eigenvalue weighted by atomic mass is 10.2. The van der Waals surface area contributed by atoms with Crippen LogP contribution < -0.4 is 0 Å². The van der Waals surface area contributed by atoms with Gasteiger partial charge in [0.05, 0.1) is 22.3 Å². The van der Waals surface area contributed by atoms with Gasteiger partial charge >= 0.3 is 5.97 Å². The third kappa shape index (κ3) is 2.16. The van der Waals surface area contributed by atoms with Crippen LogP contribution in [0.3, 0.4) is 0 Å². The average Bonchev–Trinajstić information content (AvgIpc) is 2.82. The van der Waals surface area contributed by atoms with Gasteiger partial charge in [-0.2, -0.15) is 0 Å². The van der Waals surface area contributed by atoms with Crippen molar-refractivity contribution in [2.45, 2.75) is 0 Å². The molecular weight excluding hydrogens is 391 g/mol. The first-order valence-electron chi connectivity index (χ1n) is 5.72. The third-order valence-corrected chi connectivity index (χ3v) is 4.07. The second kappa shape index (κ2) is 5.06. The molecule has 1 heterocycles. The van der Waals surface area contributed by atoms with Crippen molar-refractivity contribution < 1.29 is 9.90 Å². The lowest BCUT2D eigenvalue weighted by Crippen LogP contribution is -2.02. The zero-order valence-corrected chi connectivity index (χ0v) is 13.0. The maximum Gasteiger partial charge on any atom is 0.337 e. The number of aromatic nitrogens is 2. The number of halogens is 2. The van der Waals surface area contributed by atoms with Crippen molar-refractivity contribution >= 4 is 51.2 Å². The van der Waals surface area contributed by atoms with Crippen LogP contribution in [-0.2, 0) is 0 Å². The molecule has 4 nitrogen and oxygen atoms in total. The van der Waals surface area contributed by atoms with Crippen LogP contribution in [0.4, 0.5) is 0 Å². The van der Waals surface area contributed by atoms with Gasteiger partial charge in [-0.15, -0.1) is 0 Å². The first-order chi connectivity index (χ1) is 9.58. The number of carbonyl (C=O) groups is 1. The number of rotatable bonds is 2. The lowest BCUT2D eigenvalue weighted by Gasteiger charge is -2.09. The number of nitrogens with zero attached hydrogens (tertiary/aromatic N) is 2. The van der Waals surface area contributed by atoms with E-state index in [1.165, 1.54) is 0 Å². The highest BCUT2D eigenvalue weighted by Gasteiger charge is 2.15. The first-order valence-corrected chi connectivity index (χ1v) is 7.18. The van der Waals surface area contributed by atoms with Crippen LogP contribution >= 0.6 is 34.2 Å². The molecular formula is C14H8ClIN2O2. The molecule has 0 fully saturated rings. The molecule has 0 unspecified atom stereocenters. The average molecular weight is 399 g/mol. The normalized spacial score (nSPS) is 10.9. The van der Waals surface area contributed by atoms with Gasteiger partial charge in [0.2, 0.25) is 0 Å². The number of para-hydroxylation sites is 1. The third-order valence-electron chi connectivity index (χ3n) is 2.97. The van der Waals surface area contributed by atoms with E-state index in [4.69, 9.17) is 11.6 Å². The summed E-state index contributed by atoms with van der Waals surface area (Å²) in [7, 11) is 0. The largest absolute Gasteiger partial charge is 0.478 e. The van der Waals surface area contributed by atoms with E-state index in [2.05, 4.69) is 27.6 Å². The molecule has 0 bridgehead atoms. The molecule has 0 saturated carbocycles. The highest BCUT2D eigenvalue weighted by atomic mass is 127. The van der Waals surface area contributed by atoms with Crippen molar-refractivity contribution in [2.24, 2.45) is 0 Å². The highest BCUT2D eigenvalue weighted by molar-refractivity contribution is 14.1. The van der Waals surface area contributed by atoms with Gasteiger partial charge < -0.3 is 5.11 Å². The lowest BCUT2D eigenvalue weighted by molar-refractivity contribution is 0.0698. The van der Waals surface area contributed by atoms with Crippen LogP contribution in [0.5, 0.6) is 0 Å². The Kier molecular flexibility index (Phi) is 3.39. The van der Waals surface area contributed by atoms with Gasteiger partial charge in [0.15, 0.2) is 0 Å². The van der Waals surface area contributed by atoms with Gasteiger partial charge in [-0.25, -0.2) is 9.78 Å². The van der Waals surface area contributed by atoms with Crippen LogP contribution in [0.1, 0.15) is 10.4 Å². The molecule has 0 aliphatic carbocycles. The van der Waals surface area contributed by atoms with E-state index in [1.807, 2.05) is 12.1 Å². The Morgan fingerprint density at radius 2 is 2.10 bits per heavy atom. The number of carboxylic acids is 1. The summed E-state index contributed by atoms with van der Waals surface area (Å²) in [6.45, 7) is 0. The number of carboxylic acid groups (broad SMARTS) is 1. The molecule has 100 valence electrons. The number of fused-ring (bicyclic) bond motifs is 1. The maximum absolute atomic E-state index is 11.4. The van der Waals surface area contributed by atoms with Crippen LogP contribution in [0.25, 0.3) is 16.7 Å². The number of hydrogen-bond acceptors (Lipinski definition) is 2. The molecule has 2 aromatic carbocycles. The fraction of sp³-hybridized carbons (Fsp3) is 0. The van der Waals surface area contributed by atoms with Gasteiger partial charge in [0.25, 0.3) is 0 Å². The molecule has 1 aromatic heterocycles. The van der Waals surface area contributed by atoms with Gasteiger partial charge in [0.1, 0.15) is 6.33 Å². The standard InChI is InChI=1S/C14H8ClIN2O2/c15-8-4-5-12(10(16)6-8)18-7-17-11-3-1-2-9(13(11)18)14(19)20/h1-7H,(H,19,20). The Labute approximate surface area is 133 Å². The quantitative estimate of drug-likeness (QED) is 0.664. The van der Waals surface area contributed by atoms with E-state index < -0.39 is 5.97 Å². The molecule has 0 saturated heterocycles. The number of imidazole rings is 1. The van der Waals surface area contributed by atoms with E-state index >= 15 is 0 Å². The molecule has 0 aliphatic rings. The van der Waals surface area contributed by atoms with Crippen molar-refractivity contribution in [3.8, 4) is 5.69 Å². The van der Waals surface area contributed by atoms with E-state index in [0.29, 0.717) is 16.1 Å². The molecule has 0 atom stereocenters. The van der Waals surface area contributed by atoms with Crippen LogP contribution in [0, 0.1) is 3.57 Å². The molecule has 1 N–H and O–H groups in total. The molecule has 0 aliphatic heterocycles. The molecule has 0 amide bonds. The van der Waals surface area contributed by atoms with Crippen molar-refractivity contribution in [1.29, 1.82) is 0 Å². The van der Waals surface area contributed by atoms with E-state index in [0.717, 1.165) is 9.26 Å². The van der Waals surface area contributed by atoms with Gasteiger partial charge in [-0.05, 0) is 52.9 Å². The summed E-state index contributed by atoms with van der Waals surface area (Å²) in [6, 6.07) is 10.5. The molecule has 0 spiro atoms. The summed E-state index contributed by atoms with van der Waals surface area (Å²) in [5, 5.41) is 9.96. The number of benzene rings is 2. The Morgan fingerprint density at radius 1 is 1.30 bits per heavy atom. The zero-order chi connectivity index (χ0) is 14.3. The van der Waals surface area contributed by atoms with Crippen LogP contribution in [-0.4, -0.2) is 20.6 Å². The smallest absolute Gasteiger partial charge is 0.337 e. The minimum absolute atomic E-state index is 0.228. The molecule has 6 heteroatoms. The summed E-state index contributed by atoms with van der Waals surface area (Å²) < 4.78 is 2.70. The van der Waals surface area contributed by atoms with Crippen molar-refractivity contribution in [3.63, 3.8) is 0 Å². The summed E-state index contributed by atoms with van der Waals surface area (Å²) in [4.78, 5) is 15.6. The predicted molar refractivity (Wildman–Crippen MR) is 85.8 cm³/mol. The van der Waals surface area contributed by atoms with Crippen LogP contribution in [0.15, 0.2) is 42.7 Å². The maximum atomic E-state index is 11.4. The SMILES string of the molecule is O=C(O)c1cccc2ncn(-c3ccc(Cl)cc3I)c12. The fourth-order valence-electron chi connectivity index (χ4n) is 2.10. The molecule has 3 rings (SSSR count). The number of hydrogen-bond donors (Lipinski definition) is 1. The van der Waals surface area contributed by atoms with E-state index in [-0.39, 0.29) is 5.56 Å². The summed E-state index contributed by atoms with van der Waals surface area (Å²) in [5.74, 6) is -0.971. The van der Waals surface area contributed by atoms with Gasteiger partial charge in [0, 0.05) is 8.59 Å². The zero-order valence-electron chi connectivity index (χ0n) is 10.0. The van der Waals surface area contributed by atoms with Gasteiger partial charge in [-0.3, -0.25) is 4.57 Å². The Hall–Kier alpha value is -1.60. The predicted octanol–water partition coefficient (Wildman–Crippen LogP) is 3.98. The Morgan fingerprint density at radius 3 is 2.80 bits per heavy atom. The minimum atomic E-state index is -0.971. The topological polar surface area (TPSA) is 55.1 Å². The fourth-order valence-corrected chi connectivity index (χ4v) is 3.23. The van der Waals surface area contributed by atoms with Crippen molar-refractivity contribution in [3.05, 3.63) is 56.9 Å². The van der Waals surface area contributed by atoms with E-state index in [1.54, 1.807) is 35.2 Å². The highest BCUT2D eigenvalue weighted by Crippen LogP contribution is 2.26. The van der Waals surface area contributed by atoms with Crippen LogP contribution in [0.2, 0.25) is 5.02 Å². The van der Waals surface area contributed by atoms with Crippen molar-refractivity contribution in [2.75, 3.05) is 0 Å². The monoisotopic (exact) mass is 398 g/mol. The second-order valence-electron chi connectivity index (χ2n) is 4.19. The van der Waals surface area contributed by atoms with Gasteiger partial charge in [-0.1, -0.05) is 17.7 Å².